The van der Waals surface area contributed by atoms with Crippen LogP contribution in [0.2, 0.25) is 0 Å². The molecule has 1 heterocycles. The molecule has 1 atom stereocenters. The Hall–Kier alpha value is -0.260. The normalized spacial score (nSPS) is 12.7. The predicted octanol–water partition coefficient (Wildman–Crippen LogP) is 5.47. The Morgan fingerprint density at radius 3 is 2.33 bits per heavy atom. The van der Waals surface area contributed by atoms with Crippen LogP contribution in [0.4, 0.5) is 0 Å². The van der Waals surface area contributed by atoms with Gasteiger partial charge < -0.3 is 4.74 Å². The molecule has 2 rings (SSSR count). The molecule has 0 aliphatic heterocycles. The van der Waals surface area contributed by atoms with Crippen molar-refractivity contribution in [2.45, 2.75) is 25.3 Å². The monoisotopic (exact) mass is 392 g/mol. The van der Waals surface area contributed by atoms with Crippen LogP contribution in [0.5, 0.6) is 5.75 Å². The standard InChI is InChI=1S/C14H14ClIOS/c1-9(2)17-12-5-3-10(4-6-12)14(15)11-7-13(16)18-8-11/h3-9,14H,1-2H3. The Morgan fingerprint density at radius 1 is 1.17 bits per heavy atom. The molecule has 0 bridgehead atoms. The second-order valence-electron chi connectivity index (χ2n) is 4.28. The number of halogens is 2. The third-order valence-corrected chi connectivity index (χ3v) is 4.74. The van der Waals surface area contributed by atoms with Crippen molar-refractivity contribution in [1.82, 2.24) is 0 Å². The molecule has 1 aromatic carbocycles. The highest BCUT2D eigenvalue weighted by Crippen LogP contribution is 2.33. The van der Waals surface area contributed by atoms with Crippen LogP contribution in [0.3, 0.4) is 0 Å². The molecule has 0 aliphatic carbocycles. The molecule has 0 spiro atoms. The largest absolute Gasteiger partial charge is 0.491 e. The fourth-order valence-corrected chi connectivity index (χ4v) is 3.38. The van der Waals surface area contributed by atoms with Crippen LogP contribution in [-0.4, -0.2) is 6.10 Å². The number of benzene rings is 1. The maximum atomic E-state index is 6.47. The molecule has 0 aliphatic rings. The van der Waals surface area contributed by atoms with E-state index in [1.54, 1.807) is 11.3 Å². The number of hydrogen-bond donors (Lipinski definition) is 0. The summed E-state index contributed by atoms with van der Waals surface area (Å²) in [6.07, 6.45) is 0.195. The minimum absolute atomic E-state index is 0.0853. The van der Waals surface area contributed by atoms with Crippen LogP contribution in [0.15, 0.2) is 35.7 Å². The fraction of sp³-hybridized carbons (Fsp3) is 0.286. The fourth-order valence-electron chi connectivity index (χ4n) is 1.64. The molecule has 1 aromatic heterocycles. The minimum atomic E-state index is -0.0853. The van der Waals surface area contributed by atoms with E-state index in [2.05, 4.69) is 34.0 Å². The summed E-state index contributed by atoms with van der Waals surface area (Å²) in [4.78, 5) is 0. The van der Waals surface area contributed by atoms with Gasteiger partial charge in [-0.05, 0) is 71.1 Å². The summed E-state index contributed by atoms with van der Waals surface area (Å²) in [5.41, 5.74) is 2.26. The van der Waals surface area contributed by atoms with Gasteiger partial charge >= 0.3 is 0 Å². The summed E-state index contributed by atoms with van der Waals surface area (Å²) in [6, 6.07) is 10.1. The predicted molar refractivity (Wildman–Crippen MR) is 86.9 cm³/mol. The third kappa shape index (κ3) is 3.62. The number of hydrogen-bond acceptors (Lipinski definition) is 2. The lowest BCUT2D eigenvalue weighted by Gasteiger charge is -2.12. The van der Waals surface area contributed by atoms with E-state index in [0.717, 1.165) is 16.9 Å². The number of alkyl halides is 1. The molecule has 0 saturated carbocycles. The quantitative estimate of drug-likeness (QED) is 0.495. The number of thiophene rings is 1. The molecule has 0 radical (unpaired) electrons. The maximum Gasteiger partial charge on any atom is 0.119 e. The van der Waals surface area contributed by atoms with Crippen LogP contribution in [-0.2, 0) is 0 Å². The number of rotatable bonds is 4. The van der Waals surface area contributed by atoms with Gasteiger partial charge in [-0.25, -0.2) is 0 Å². The summed E-state index contributed by atoms with van der Waals surface area (Å²) >= 11 is 10.5. The summed E-state index contributed by atoms with van der Waals surface area (Å²) in [5, 5.41) is 2.02. The van der Waals surface area contributed by atoms with Crippen molar-refractivity contribution in [1.29, 1.82) is 0 Å². The van der Waals surface area contributed by atoms with Crippen LogP contribution in [0, 0.1) is 2.88 Å². The van der Waals surface area contributed by atoms with Gasteiger partial charge in [0.15, 0.2) is 0 Å². The van der Waals surface area contributed by atoms with E-state index >= 15 is 0 Å². The molecular formula is C14H14ClIOS. The number of ether oxygens (including phenoxy) is 1. The third-order valence-electron chi connectivity index (χ3n) is 2.42. The first-order valence-electron chi connectivity index (χ1n) is 5.71. The highest BCUT2D eigenvalue weighted by molar-refractivity contribution is 14.1. The lowest BCUT2D eigenvalue weighted by molar-refractivity contribution is 0.242. The Bertz CT molecular complexity index is 507. The van der Waals surface area contributed by atoms with Gasteiger partial charge in [-0.2, -0.15) is 0 Å². The zero-order chi connectivity index (χ0) is 13.1. The Kier molecular flexibility index (Phi) is 4.92. The molecule has 96 valence electrons. The van der Waals surface area contributed by atoms with E-state index in [1.165, 1.54) is 2.88 Å². The average Bonchev–Trinajstić information content (AvgIpc) is 2.75. The first kappa shape index (κ1) is 14.2. The molecule has 0 N–H and O–H groups in total. The molecule has 18 heavy (non-hydrogen) atoms. The van der Waals surface area contributed by atoms with Gasteiger partial charge in [0.25, 0.3) is 0 Å². The van der Waals surface area contributed by atoms with Gasteiger partial charge in [-0.1, -0.05) is 12.1 Å². The van der Waals surface area contributed by atoms with Crippen LogP contribution in [0.25, 0.3) is 0 Å². The summed E-state index contributed by atoms with van der Waals surface area (Å²) < 4.78 is 6.87. The van der Waals surface area contributed by atoms with Gasteiger partial charge in [0, 0.05) is 0 Å². The van der Waals surface area contributed by atoms with Gasteiger partial charge in [0.2, 0.25) is 0 Å². The van der Waals surface area contributed by atoms with Crippen molar-refractivity contribution < 1.29 is 4.74 Å². The second kappa shape index (κ2) is 6.26. The van der Waals surface area contributed by atoms with Crippen molar-refractivity contribution in [3.8, 4) is 5.75 Å². The Balaban J connectivity index is 2.14. The second-order valence-corrected chi connectivity index (χ2v) is 7.52. The molecule has 4 heteroatoms. The smallest absolute Gasteiger partial charge is 0.119 e. The first-order chi connectivity index (χ1) is 8.56. The van der Waals surface area contributed by atoms with E-state index in [-0.39, 0.29) is 11.5 Å². The lowest BCUT2D eigenvalue weighted by atomic mass is 10.1. The Labute approximate surface area is 130 Å². The molecule has 2 aromatic rings. The maximum absolute atomic E-state index is 6.47. The minimum Gasteiger partial charge on any atom is -0.491 e. The Morgan fingerprint density at radius 2 is 1.83 bits per heavy atom. The summed E-state index contributed by atoms with van der Waals surface area (Å²) in [6.45, 7) is 4.04. The summed E-state index contributed by atoms with van der Waals surface area (Å²) in [5.74, 6) is 0.887. The van der Waals surface area contributed by atoms with E-state index in [1.807, 2.05) is 38.1 Å². The highest BCUT2D eigenvalue weighted by Gasteiger charge is 2.12. The lowest BCUT2D eigenvalue weighted by Crippen LogP contribution is -2.05. The zero-order valence-corrected chi connectivity index (χ0v) is 13.9. The van der Waals surface area contributed by atoms with E-state index in [4.69, 9.17) is 16.3 Å². The molecule has 0 fully saturated rings. The van der Waals surface area contributed by atoms with Crippen LogP contribution in [0.1, 0.15) is 30.4 Å². The van der Waals surface area contributed by atoms with Gasteiger partial charge in [0.1, 0.15) is 5.75 Å². The van der Waals surface area contributed by atoms with Crippen molar-refractivity contribution in [3.63, 3.8) is 0 Å². The molecule has 1 unspecified atom stereocenters. The van der Waals surface area contributed by atoms with Crippen molar-refractivity contribution in [3.05, 3.63) is 49.7 Å². The highest BCUT2D eigenvalue weighted by atomic mass is 127. The van der Waals surface area contributed by atoms with Crippen molar-refractivity contribution in [2.24, 2.45) is 0 Å². The zero-order valence-electron chi connectivity index (χ0n) is 10.2. The van der Waals surface area contributed by atoms with Gasteiger partial charge in [-0.15, -0.1) is 22.9 Å². The van der Waals surface area contributed by atoms with Crippen LogP contribution >= 0.6 is 45.5 Å². The molecule has 0 amide bonds. The average molecular weight is 393 g/mol. The van der Waals surface area contributed by atoms with Gasteiger partial charge in [-0.3, -0.25) is 0 Å². The molecular weight excluding hydrogens is 379 g/mol. The SMILES string of the molecule is CC(C)Oc1ccc(C(Cl)c2csc(I)c2)cc1. The molecule has 1 nitrogen and oxygen atoms in total. The van der Waals surface area contributed by atoms with Crippen molar-refractivity contribution >= 4 is 45.5 Å². The van der Waals surface area contributed by atoms with E-state index in [0.29, 0.717) is 0 Å². The molecule has 0 saturated heterocycles. The van der Waals surface area contributed by atoms with Crippen LogP contribution < -0.4 is 4.74 Å². The van der Waals surface area contributed by atoms with Crippen molar-refractivity contribution in [2.75, 3.05) is 0 Å². The van der Waals surface area contributed by atoms with Gasteiger partial charge in [0.05, 0.1) is 14.4 Å². The van der Waals surface area contributed by atoms with E-state index in [9.17, 15) is 0 Å². The topological polar surface area (TPSA) is 9.23 Å². The summed E-state index contributed by atoms with van der Waals surface area (Å²) in [7, 11) is 0. The first-order valence-corrected chi connectivity index (χ1v) is 8.10. The van der Waals surface area contributed by atoms with E-state index < -0.39 is 0 Å².